The molecular formula is C26H27NO5. The number of hydrogen-bond donors (Lipinski definition) is 0. The molecule has 0 spiro atoms. The highest BCUT2D eigenvalue weighted by atomic mass is 16.6. The molecule has 0 aliphatic rings. The van der Waals surface area contributed by atoms with Crippen LogP contribution in [0.3, 0.4) is 0 Å². The van der Waals surface area contributed by atoms with Gasteiger partial charge in [-0.3, -0.25) is 0 Å². The number of benzene rings is 2. The van der Waals surface area contributed by atoms with E-state index in [-0.39, 0.29) is 17.9 Å². The number of nitrogens with zero attached hydrogens (tertiary/aromatic N) is 1. The Morgan fingerprint density at radius 1 is 1.00 bits per heavy atom. The van der Waals surface area contributed by atoms with E-state index in [1.807, 2.05) is 30.3 Å². The zero-order chi connectivity index (χ0) is 23.5. The van der Waals surface area contributed by atoms with Crippen LogP contribution in [0.25, 0.3) is 12.2 Å². The molecule has 0 heterocycles. The van der Waals surface area contributed by atoms with Crippen molar-refractivity contribution in [1.82, 2.24) is 0 Å². The van der Waals surface area contributed by atoms with Gasteiger partial charge in [0, 0.05) is 6.08 Å². The first-order valence-corrected chi connectivity index (χ1v) is 10.4. The monoisotopic (exact) mass is 433 g/mol. The number of hydrogen-bond acceptors (Lipinski definition) is 6. The second kappa shape index (κ2) is 12.1. The third-order valence-corrected chi connectivity index (χ3v) is 4.42. The molecule has 0 fully saturated rings. The molecule has 2 rings (SSSR count). The summed E-state index contributed by atoms with van der Waals surface area (Å²) in [6.07, 6.45) is 4.43. The van der Waals surface area contributed by atoms with E-state index in [2.05, 4.69) is 13.8 Å². The zero-order valence-corrected chi connectivity index (χ0v) is 18.8. The van der Waals surface area contributed by atoms with Gasteiger partial charge < -0.3 is 14.2 Å². The van der Waals surface area contributed by atoms with Gasteiger partial charge in [-0.05, 0) is 60.7 Å². The SMILES string of the molecule is CCOC(=O)/C(C#N)=C/c1ccc(OC(=O)/C=C/c2ccc(C(C)C)cc2)c(OCC)c1. The van der Waals surface area contributed by atoms with Gasteiger partial charge in [0.1, 0.15) is 11.6 Å². The normalized spacial score (nSPS) is 11.3. The van der Waals surface area contributed by atoms with Crippen LogP contribution >= 0.6 is 0 Å². The lowest BCUT2D eigenvalue weighted by molar-refractivity contribution is -0.138. The fourth-order valence-corrected chi connectivity index (χ4v) is 2.78. The first-order chi connectivity index (χ1) is 15.4. The van der Waals surface area contributed by atoms with E-state index < -0.39 is 11.9 Å². The minimum atomic E-state index is -0.699. The molecule has 0 aliphatic carbocycles. The first kappa shape index (κ1) is 24.4. The summed E-state index contributed by atoms with van der Waals surface area (Å²) in [6, 6.07) is 14.5. The van der Waals surface area contributed by atoms with Crippen LogP contribution in [0.1, 0.15) is 50.3 Å². The van der Waals surface area contributed by atoms with Gasteiger partial charge in [-0.15, -0.1) is 0 Å². The van der Waals surface area contributed by atoms with Crippen molar-refractivity contribution in [3.05, 3.63) is 70.8 Å². The lowest BCUT2D eigenvalue weighted by Gasteiger charge is -2.10. The quantitative estimate of drug-likeness (QED) is 0.231. The molecule has 0 atom stereocenters. The van der Waals surface area contributed by atoms with Gasteiger partial charge in [-0.25, -0.2) is 9.59 Å². The summed E-state index contributed by atoms with van der Waals surface area (Å²) in [5.41, 5.74) is 2.52. The lowest BCUT2D eigenvalue weighted by Crippen LogP contribution is -2.07. The van der Waals surface area contributed by atoms with Gasteiger partial charge >= 0.3 is 11.9 Å². The zero-order valence-electron chi connectivity index (χ0n) is 18.8. The minimum absolute atomic E-state index is 0.134. The highest BCUT2D eigenvalue weighted by Crippen LogP contribution is 2.30. The van der Waals surface area contributed by atoms with Crippen molar-refractivity contribution in [2.24, 2.45) is 0 Å². The number of ether oxygens (including phenoxy) is 3. The van der Waals surface area contributed by atoms with Crippen LogP contribution in [0.5, 0.6) is 11.5 Å². The molecule has 32 heavy (non-hydrogen) atoms. The molecule has 0 saturated carbocycles. The van der Waals surface area contributed by atoms with Crippen LogP contribution in [-0.4, -0.2) is 25.2 Å². The molecule has 0 aromatic heterocycles. The topological polar surface area (TPSA) is 85.6 Å². The number of carbonyl (C=O) groups excluding carboxylic acids is 2. The fraction of sp³-hybridized carbons (Fsp3) is 0.269. The largest absolute Gasteiger partial charge is 0.490 e. The predicted octanol–water partition coefficient (Wildman–Crippen LogP) is 5.30. The van der Waals surface area contributed by atoms with E-state index in [1.54, 1.807) is 38.1 Å². The Balaban J connectivity index is 2.17. The molecule has 0 unspecified atom stereocenters. The van der Waals surface area contributed by atoms with Crippen LogP contribution in [0.15, 0.2) is 54.1 Å². The summed E-state index contributed by atoms with van der Waals surface area (Å²) in [4.78, 5) is 24.1. The van der Waals surface area contributed by atoms with E-state index in [0.29, 0.717) is 23.8 Å². The highest BCUT2D eigenvalue weighted by molar-refractivity contribution is 5.98. The molecule has 0 N–H and O–H groups in total. The van der Waals surface area contributed by atoms with Crippen molar-refractivity contribution in [1.29, 1.82) is 5.26 Å². The molecule has 2 aromatic rings. The van der Waals surface area contributed by atoms with Crippen molar-refractivity contribution in [2.75, 3.05) is 13.2 Å². The molecule has 0 saturated heterocycles. The Morgan fingerprint density at radius 2 is 1.69 bits per heavy atom. The van der Waals surface area contributed by atoms with Crippen molar-refractivity contribution in [2.45, 2.75) is 33.6 Å². The number of nitriles is 1. The molecule has 166 valence electrons. The van der Waals surface area contributed by atoms with Crippen LogP contribution < -0.4 is 9.47 Å². The van der Waals surface area contributed by atoms with Gasteiger partial charge in [0.15, 0.2) is 11.5 Å². The molecule has 0 aliphatic heterocycles. The second-order valence-corrected chi connectivity index (χ2v) is 7.11. The summed E-state index contributed by atoms with van der Waals surface area (Å²) in [5.74, 6) is -0.246. The molecule has 6 nitrogen and oxygen atoms in total. The maximum atomic E-state index is 12.3. The van der Waals surface area contributed by atoms with Gasteiger partial charge in [-0.1, -0.05) is 44.2 Å². The van der Waals surface area contributed by atoms with E-state index in [9.17, 15) is 14.9 Å². The molecule has 2 aromatic carbocycles. The average molecular weight is 434 g/mol. The number of carbonyl (C=O) groups is 2. The molecule has 0 bridgehead atoms. The second-order valence-electron chi connectivity index (χ2n) is 7.11. The summed E-state index contributed by atoms with van der Waals surface area (Å²) in [5, 5.41) is 9.20. The smallest absolute Gasteiger partial charge is 0.348 e. The summed E-state index contributed by atoms with van der Waals surface area (Å²) >= 11 is 0. The number of esters is 2. The summed E-state index contributed by atoms with van der Waals surface area (Å²) in [6.45, 7) is 8.23. The number of rotatable bonds is 9. The van der Waals surface area contributed by atoms with Crippen LogP contribution in [0, 0.1) is 11.3 Å². The maximum absolute atomic E-state index is 12.3. The Kier molecular flexibility index (Phi) is 9.24. The third kappa shape index (κ3) is 7.13. The molecule has 0 amide bonds. The predicted molar refractivity (Wildman–Crippen MR) is 123 cm³/mol. The Labute approximate surface area is 188 Å². The van der Waals surface area contributed by atoms with Crippen molar-refractivity contribution in [3.63, 3.8) is 0 Å². The van der Waals surface area contributed by atoms with Gasteiger partial charge in [0.2, 0.25) is 0 Å². The standard InChI is InChI=1S/C26H27NO5/c1-5-30-24-16-20(15-22(17-27)26(29)31-6-2)9-13-23(24)32-25(28)14-10-19-7-11-21(12-8-19)18(3)4/h7-16,18H,5-6H2,1-4H3/b14-10+,22-15+. The highest BCUT2D eigenvalue weighted by Gasteiger charge is 2.13. The first-order valence-electron chi connectivity index (χ1n) is 10.4. The molecular weight excluding hydrogens is 406 g/mol. The average Bonchev–Trinajstić information content (AvgIpc) is 2.78. The Bertz CT molecular complexity index is 1040. The Hall–Kier alpha value is -3.85. The lowest BCUT2D eigenvalue weighted by atomic mass is 10.0. The van der Waals surface area contributed by atoms with Gasteiger partial charge in [-0.2, -0.15) is 5.26 Å². The molecule has 6 heteroatoms. The van der Waals surface area contributed by atoms with E-state index in [0.717, 1.165) is 5.56 Å². The van der Waals surface area contributed by atoms with Crippen LogP contribution in [0.4, 0.5) is 0 Å². The van der Waals surface area contributed by atoms with Crippen LogP contribution in [-0.2, 0) is 14.3 Å². The van der Waals surface area contributed by atoms with Crippen LogP contribution in [0.2, 0.25) is 0 Å². The summed E-state index contributed by atoms with van der Waals surface area (Å²) in [7, 11) is 0. The fourth-order valence-electron chi connectivity index (χ4n) is 2.78. The maximum Gasteiger partial charge on any atom is 0.348 e. The van der Waals surface area contributed by atoms with Crippen molar-refractivity contribution < 1.29 is 23.8 Å². The minimum Gasteiger partial charge on any atom is -0.490 e. The summed E-state index contributed by atoms with van der Waals surface area (Å²) < 4.78 is 15.9. The van der Waals surface area contributed by atoms with Gasteiger partial charge in [0.05, 0.1) is 13.2 Å². The third-order valence-electron chi connectivity index (χ3n) is 4.42. The Morgan fingerprint density at radius 3 is 2.28 bits per heavy atom. The van der Waals surface area contributed by atoms with Crippen molar-refractivity contribution >= 4 is 24.1 Å². The van der Waals surface area contributed by atoms with E-state index in [1.165, 1.54) is 17.7 Å². The van der Waals surface area contributed by atoms with E-state index in [4.69, 9.17) is 14.2 Å². The van der Waals surface area contributed by atoms with Crippen molar-refractivity contribution in [3.8, 4) is 17.6 Å². The molecule has 0 radical (unpaired) electrons. The van der Waals surface area contributed by atoms with E-state index >= 15 is 0 Å². The van der Waals surface area contributed by atoms with Gasteiger partial charge in [0.25, 0.3) is 0 Å².